The Bertz CT molecular complexity index is 646. The van der Waals surface area contributed by atoms with Crippen LogP contribution in [0.3, 0.4) is 0 Å². The summed E-state index contributed by atoms with van der Waals surface area (Å²) < 4.78 is 0. The van der Waals surface area contributed by atoms with Crippen molar-refractivity contribution < 1.29 is 9.59 Å². The molecule has 2 amide bonds. The van der Waals surface area contributed by atoms with Gasteiger partial charge in [0.05, 0.1) is 0 Å². The molecule has 0 bridgehead atoms. The van der Waals surface area contributed by atoms with Crippen molar-refractivity contribution in [2.75, 3.05) is 18.4 Å². The van der Waals surface area contributed by atoms with Crippen LogP contribution >= 0.6 is 0 Å². The number of carbonyl (C=O) groups is 2. The van der Waals surface area contributed by atoms with Crippen LogP contribution in [0.4, 0.5) is 5.69 Å². The molecule has 1 saturated carbocycles. The van der Waals surface area contributed by atoms with E-state index in [0.717, 1.165) is 57.3 Å². The minimum Gasteiger partial charge on any atom is -0.342 e. The highest BCUT2D eigenvalue weighted by Gasteiger charge is 2.32. The second-order valence-electron chi connectivity index (χ2n) is 9.25. The van der Waals surface area contributed by atoms with Gasteiger partial charge in [-0.3, -0.25) is 9.59 Å². The third-order valence-corrected chi connectivity index (χ3v) is 6.13. The van der Waals surface area contributed by atoms with Crippen LogP contribution in [0.15, 0.2) is 24.3 Å². The first-order valence-electron chi connectivity index (χ1n) is 10.5. The molecule has 0 aromatic heterocycles. The van der Waals surface area contributed by atoms with Gasteiger partial charge in [-0.2, -0.15) is 0 Å². The first-order chi connectivity index (χ1) is 12.8. The smallest absolute Gasteiger partial charge is 0.227 e. The first-order valence-corrected chi connectivity index (χ1v) is 10.5. The van der Waals surface area contributed by atoms with Crippen LogP contribution in [0.25, 0.3) is 0 Å². The molecule has 1 aromatic rings. The Kier molecular flexibility index (Phi) is 6.23. The van der Waals surface area contributed by atoms with Crippen molar-refractivity contribution in [2.45, 2.75) is 71.1 Å². The molecule has 1 saturated heterocycles. The van der Waals surface area contributed by atoms with E-state index in [0.29, 0.717) is 5.91 Å². The third-order valence-electron chi connectivity index (χ3n) is 6.13. The van der Waals surface area contributed by atoms with Crippen molar-refractivity contribution in [1.82, 2.24) is 4.90 Å². The van der Waals surface area contributed by atoms with Gasteiger partial charge in [0.15, 0.2) is 0 Å². The maximum Gasteiger partial charge on any atom is 0.227 e. The minimum absolute atomic E-state index is 0.0256. The summed E-state index contributed by atoms with van der Waals surface area (Å²) in [5.74, 6) is 0.574. The summed E-state index contributed by atoms with van der Waals surface area (Å²) in [4.78, 5) is 27.3. The number of nitrogens with zero attached hydrogens (tertiary/aromatic N) is 1. The number of amides is 2. The Morgan fingerprint density at radius 2 is 1.44 bits per heavy atom. The Hall–Kier alpha value is -1.84. The van der Waals surface area contributed by atoms with Crippen LogP contribution in [-0.2, 0) is 15.0 Å². The molecule has 4 heteroatoms. The van der Waals surface area contributed by atoms with Crippen LogP contribution in [-0.4, -0.2) is 29.8 Å². The van der Waals surface area contributed by atoms with Crippen molar-refractivity contribution in [3.05, 3.63) is 29.8 Å². The molecule has 1 N–H and O–H groups in total. The molecule has 0 radical (unpaired) electrons. The van der Waals surface area contributed by atoms with E-state index in [-0.39, 0.29) is 23.2 Å². The lowest BCUT2D eigenvalue weighted by Gasteiger charge is -2.33. The van der Waals surface area contributed by atoms with Gasteiger partial charge in [0.25, 0.3) is 0 Å². The molecule has 2 aliphatic rings. The molecule has 0 unspecified atom stereocenters. The molecule has 2 fully saturated rings. The van der Waals surface area contributed by atoms with Gasteiger partial charge in [0.1, 0.15) is 0 Å². The number of rotatable bonds is 3. The molecule has 1 aliphatic heterocycles. The molecular weight excluding hydrogens is 336 g/mol. The van der Waals surface area contributed by atoms with Gasteiger partial charge >= 0.3 is 0 Å². The van der Waals surface area contributed by atoms with Crippen molar-refractivity contribution in [3.8, 4) is 0 Å². The van der Waals surface area contributed by atoms with E-state index in [9.17, 15) is 9.59 Å². The molecule has 1 aromatic carbocycles. The zero-order valence-electron chi connectivity index (χ0n) is 17.1. The normalized spacial score (nSPS) is 23.7. The summed E-state index contributed by atoms with van der Waals surface area (Å²) in [6.07, 6.45) is 6.83. The third kappa shape index (κ3) is 5.12. The molecule has 148 valence electrons. The van der Waals surface area contributed by atoms with E-state index in [1.165, 1.54) is 12.0 Å². The predicted molar refractivity (Wildman–Crippen MR) is 110 cm³/mol. The molecular formula is C23H34N2O2. The van der Waals surface area contributed by atoms with Crippen molar-refractivity contribution >= 4 is 17.5 Å². The highest BCUT2D eigenvalue weighted by Crippen LogP contribution is 2.32. The summed E-state index contributed by atoms with van der Waals surface area (Å²) in [7, 11) is 0. The zero-order chi connectivity index (χ0) is 19.4. The summed E-state index contributed by atoms with van der Waals surface area (Å²) in [6, 6.07) is 8.15. The average molecular weight is 371 g/mol. The molecule has 27 heavy (non-hydrogen) atoms. The van der Waals surface area contributed by atoms with Crippen LogP contribution in [0.2, 0.25) is 0 Å². The second-order valence-corrected chi connectivity index (χ2v) is 9.25. The number of piperidine rings is 1. The second kappa shape index (κ2) is 8.45. The molecule has 3 rings (SSSR count). The Balaban J connectivity index is 1.49. The van der Waals surface area contributed by atoms with Gasteiger partial charge in [-0.05, 0) is 68.1 Å². The molecule has 4 nitrogen and oxygen atoms in total. The van der Waals surface area contributed by atoms with Gasteiger partial charge in [0.2, 0.25) is 11.8 Å². The fourth-order valence-electron chi connectivity index (χ4n) is 4.27. The van der Waals surface area contributed by atoms with E-state index >= 15 is 0 Å². The lowest BCUT2D eigenvalue weighted by atomic mass is 9.80. The maximum absolute atomic E-state index is 12.7. The Morgan fingerprint density at radius 1 is 0.889 bits per heavy atom. The molecule has 0 atom stereocenters. The van der Waals surface area contributed by atoms with Crippen molar-refractivity contribution in [2.24, 2.45) is 11.8 Å². The van der Waals surface area contributed by atoms with E-state index in [4.69, 9.17) is 0 Å². The zero-order valence-corrected chi connectivity index (χ0v) is 17.1. The summed E-state index contributed by atoms with van der Waals surface area (Å²) in [6.45, 7) is 8.40. The standard InChI is InChI=1S/C23H34N2O2/c1-23(2,3)19-11-13-20(14-12-19)24-21(26)17-7-9-18(10-8-17)22(27)25-15-5-4-6-16-25/h11-14,17-18H,4-10,15-16H2,1-3H3,(H,24,26). The number of hydrogen-bond acceptors (Lipinski definition) is 2. The molecule has 1 heterocycles. The van der Waals surface area contributed by atoms with Gasteiger partial charge < -0.3 is 10.2 Å². The molecule has 1 aliphatic carbocycles. The van der Waals surface area contributed by atoms with Gasteiger partial charge in [-0.1, -0.05) is 32.9 Å². The van der Waals surface area contributed by atoms with Crippen LogP contribution in [0, 0.1) is 11.8 Å². The number of nitrogens with one attached hydrogen (secondary N) is 1. The van der Waals surface area contributed by atoms with Gasteiger partial charge in [-0.15, -0.1) is 0 Å². The van der Waals surface area contributed by atoms with E-state index in [2.05, 4.69) is 38.2 Å². The fraction of sp³-hybridized carbons (Fsp3) is 0.652. The van der Waals surface area contributed by atoms with Crippen LogP contribution in [0.1, 0.15) is 71.3 Å². The fourth-order valence-corrected chi connectivity index (χ4v) is 4.27. The van der Waals surface area contributed by atoms with E-state index in [1.54, 1.807) is 0 Å². The van der Waals surface area contributed by atoms with E-state index in [1.807, 2.05) is 17.0 Å². The minimum atomic E-state index is 0.0256. The van der Waals surface area contributed by atoms with Crippen LogP contribution < -0.4 is 5.32 Å². The largest absolute Gasteiger partial charge is 0.342 e. The quantitative estimate of drug-likeness (QED) is 0.835. The first kappa shape index (κ1) is 19.9. The lowest BCUT2D eigenvalue weighted by molar-refractivity contribution is -0.138. The lowest BCUT2D eigenvalue weighted by Crippen LogP contribution is -2.41. The predicted octanol–water partition coefficient (Wildman–Crippen LogP) is 4.74. The Morgan fingerprint density at radius 3 is 2.00 bits per heavy atom. The SMILES string of the molecule is CC(C)(C)c1ccc(NC(=O)C2CCC(C(=O)N3CCCCC3)CC2)cc1. The number of benzene rings is 1. The summed E-state index contributed by atoms with van der Waals surface area (Å²) in [5, 5.41) is 3.06. The topological polar surface area (TPSA) is 49.4 Å². The number of hydrogen-bond donors (Lipinski definition) is 1. The summed E-state index contributed by atoms with van der Waals surface area (Å²) >= 11 is 0. The summed E-state index contributed by atoms with van der Waals surface area (Å²) in [5.41, 5.74) is 2.23. The number of likely N-dealkylation sites (tertiary alicyclic amines) is 1. The average Bonchev–Trinajstić information content (AvgIpc) is 2.68. The highest BCUT2D eigenvalue weighted by molar-refractivity contribution is 5.92. The molecule has 0 spiro atoms. The number of carbonyl (C=O) groups excluding carboxylic acids is 2. The Labute approximate surface area is 163 Å². The van der Waals surface area contributed by atoms with E-state index < -0.39 is 0 Å². The monoisotopic (exact) mass is 370 g/mol. The van der Waals surface area contributed by atoms with Crippen LogP contribution in [0.5, 0.6) is 0 Å². The highest BCUT2D eigenvalue weighted by atomic mass is 16.2. The maximum atomic E-state index is 12.7. The van der Waals surface area contributed by atoms with Gasteiger partial charge in [0, 0.05) is 30.6 Å². The number of anilines is 1. The van der Waals surface area contributed by atoms with Crippen molar-refractivity contribution in [3.63, 3.8) is 0 Å². The van der Waals surface area contributed by atoms with Gasteiger partial charge in [-0.25, -0.2) is 0 Å². The van der Waals surface area contributed by atoms with Crippen molar-refractivity contribution in [1.29, 1.82) is 0 Å².